The van der Waals surface area contributed by atoms with Crippen molar-refractivity contribution in [2.45, 2.75) is 24.6 Å². The first-order chi connectivity index (χ1) is 11.6. The average molecular weight is 366 g/mol. The monoisotopic (exact) mass is 366 g/mol. The molecule has 24 heavy (non-hydrogen) atoms. The van der Waals surface area contributed by atoms with Crippen molar-refractivity contribution in [2.24, 2.45) is 0 Å². The van der Waals surface area contributed by atoms with Gasteiger partial charge in [-0.3, -0.25) is 8.77 Å². The molecule has 0 radical (unpaired) electrons. The van der Waals surface area contributed by atoms with Gasteiger partial charge in [0.15, 0.2) is 4.99 Å². The van der Waals surface area contributed by atoms with E-state index in [1.807, 2.05) is 60.7 Å². The van der Waals surface area contributed by atoms with E-state index in [9.17, 15) is 8.77 Å². The fraction of sp³-hybridized carbons (Fsp3) is 0.333. The van der Waals surface area contributed by atoms with Crippen LogP contribution >= 0.6 is 7.60 Å². The van der Waals surface area contributed by atoms with Crippen LogP contribution in [-0.2, 0) is 30.2 Å². The van der Waals surface area contributed by atoms with Crippen molar-refractivity contribution >= 4 is 18.4 Å². The second-order valence-corrected chi connectivity index (χ2v) is 9.13. The van der Waals surface area contributed by atoms with Crippen LogP contribution in [0.5, 0.6) is 0 Å². The zero-order chi connectivity index (χ0) is 17.4. The Morgan fingerprint density at radius 1 is 0.917 bits per heavy atom. The van der Waals surface area contributed by atoms with Crippen molar-refractivity contribution in [2.75, 3.05) is 13.2 Å². The molecule has 0 fully saturated rings. The minimum atomic E-state index is -3.54. The van der Waals surface area contributed by atoms with E-state index in [1.165, 1.54) is 0 Å². The Morgan fingerprint density at radius 3 is 1.92 bits per heavy atom. The third-order valence-corrected chi connectivity index (χ3v) is 8.37. The Bertz CT molecular complexity index is 681. The maximum absolute atomic E-state index is 13.3. The molecule has 130 valence electrons. The van der Waals surface area contributed by atoms with E-state index in [0.717, 1.165) is 5.56 Å². The molecular formula is C18H23O4PS. The van der Waals surface area contributed by atoms with Gasteiger partial charge in [-0.05, 0) is 25.0 Å². The highest BCUT2D eigenvalue weighted by Gasteiger charge is 2.41. The Hall–Kier alpha value is -1.26. The normalized spacial score (nSPS) is 14.2. The average Bonchev–Trinajstić information content (AvgIpc) is 2.57. The maximum atomic E-state index is 13.3. The minimum Gasteiger partial charge on any atom is -0.308 e. The lowest BCUT2D eigenvalue weighted by atomic mass is 10.2. The molecule has 0 aliphatic heterocycles. The van der Waals surface area contributed by atoms with E-state index < -0.39 is 23.4 Å². The third-order valence-electron chi connectivity index (χ3n) is 3.39. The molecule has 0 aliphatic carbocycles. The summed E-state index contributed by atoms with van der Waals surface area (Å²) in [7, 11) is -4.99. The summed E-state index contributed by atoms with van der Waals surface area (Å²) in [5, 5.41) is 0. The molecule has 0 heterocycles. The van der Waals surface area contributed by atoms with Crippen molar-refractivity contribution in [3.8, 4) is 0 Å². The van der Waals surface area contributed by atoms with Crippen LogP contribution in [-0.4, -0.2) is 17.4 Å². The molecule has 2 unspecified atom stereocenters. The Kier molecular flexibility index (Phi) is 7.38. The summed E-state index contributed by atoms with van der Waals surface area (Å²) in [6, 6.07) is 18.7. The molecule has 0 bridgehead atoms. The standard InChI is InChI=1S/C18H23O4PS/c1-3-21-23(19,22-4-2)18(17-13-9-6-10-14-17)24(20)15-16-11-7-5-8-12-16/h5-14,18H,3-4,15H2,1-2H3. The molecule has 0 saturated heterocycles. The molecule has 0 aromatic heterocycles. The molecule has 0 aliphatic rings. The summed E-state index contributed by atoms with van der Waals surface area (Å²) < 4.78 is 37.4. The Morgan fingerprint density at radius 2 is 1.42 bits per heavy atom. The van der Waals surface area contributed by atoms with E-state index in [0.29, 0.717) is 11.3 Å². The molecule has 2 atom stereocenters. The number of hydrogen-bond donors (Lipinski definition) is 0. The van der Waals surface area contributed by atoms with Gasteiger partial charge in [0, 0.05) is 16.6 Å². The molecular weight excluding hydrogens is 343 g/mol. The first kappa shape index (κ1) is 19.1. The lowest BCUT2D eigenvalue weighted by Crippen LogP contribution is -2.13. The summed E-state index contributed by atoms with van der Waals surface area (Å²) in [5.74, 6) is 0.296. The molecule has 0 N–H and O–H groups in total. The van der Waals surface area contributed by atoms with Gasteiger partial charge in [0.2, 0.25) is 0 Å². The van der Waals surface area contributed by atoms with Gasteiger partial charge in [0.1, 0.15) is 0 Å². The van der Waals surface area contributed by atoms with E-state index in [4.69, 9.17) is 9.05 Å². The summed E-state index contributed by atoms with van der Waals surface area (Å²) in [6.45, 7) is 3.99. The van der Waals surface area contributed by atoms with Crippen LogP contribution in [0.3, 0.4) is 0 Å². The second kappa shape index (κ2) is 9.28. The smallest absolute Gasteiger partial charge is 0.308 e. The van der Waals surface area contributed by atoms with E-state index >= 15 is 0 Å². The van der Waals surface area contributed by atoms with Gasteiger partial charge in [-0.25, -0.2) is 0 Å². The first-order valence-corrected chi connectivity index (χ1v) is 10.9. The van der Waals surface area contributed by atoms with Crippen LogP contribution in [0.15, 0.2) is 60.7 Å². The highest BCUT2D eigenvalue weighted by molar-refractivity contribution is 7.92. The van der Waals surface area contributed by atoms with Crippen LogP contribution in [0.2, 0.25) is 0 Å². The van der Waals surface area contributed by atoms with Crippen LogP contribution < -0.4 is 0 Å². The molecule has 0 spiro atoms. The number of rotatable bonds is 9. The van der Waals surface area contributed by atoms with Gasteiger partial charge in [0.05, 0.1) is 13.2 Å². The van der Waals surface area contributed by atoms with Crippen LogP contribution in [0, 0.1) is 0 Å². The lowest BCUT2D eigenvalue weighted by molar-refractivity contribution is 0.218. The zero-order valence-electron chi connectivity index (χ0n) is 14.0. The largest absolute Gasteiger partial charge is 0.350 e. The predicted molar refractivity (Wildman–Crippen MR) is 98.3 cm³/mol. The van der Waals surface area contributed by atoms with Crippen molar-refractivity contribution < 1.29 is 17.8 Å². The van der Waals surface area contributed by atoms with E-state index in [1.54, 1.807) is 13.8 Å². The summed E-state index contributed by atoms with van der Waals surface area (Å²) >= 11 is 0. The Balaban J connectivity index is 2.39. The van der Waals surface area contributed by atoms with Crippen LogP contribution in [0.4, 0.5) is 0 Å². The van der Waals surface area contributed by atoms with E-state index in [-0.39, 0.29) is 13.2 Å². The molecule has 4 nitrogen and oxygen atoms in total. The van der Waals surface area contributed by atoms with Gasteiger partial charge < -0.3 is 9.05 Å². The van der Waals surface area contributed by atoms with Gasteiger partial charge in [-0.2, -0.15) is 0 Å². The van der Waals surface area contributed by atoms with Crippen molar-refractivity contribution in [1.82, 2.24) is 0 Å². The predicted octanol–water partition coefficient (Wildman–Crippen LogP) is 4.90. The van der Waals surface area contributed by atoms with Crippen LogP contribution in [0.25, 0.3) is 0 Å². The maximum Gasteiger partial charge on any atom is 0.350 e. The van der Waals surface area contributed by atoms with Gasteiger partial charge in [-0.1, -0.05) is 60.7 Å². The molecule has 2 aromatic carbocycles. The van der Waals surface area contributed by atoms with Gasteiger partial charge in [0.25, 0.3) is 0 Å². The van der Waals surface area contributed by atoms with Crippen molar-refractivity contribution in [1.29, 1.82) is 0 Å². The molecule has 0 amide bonds. The third kappa shape index (κ3) is 4.87. The summed E-state index contributed by atoms with van der Waals surface area (Å²) in [5.41, 5.74) is 1.63. The second-order valence-electron chi connectivity index (χ2n) is 5.15. The molecule has 6 heteroatoms. The van der Waals surface area contributed by atoms with Crippen molar-refractivity contribution in [3.05, 3.63) is 71.8 Å². The lowest BCUT2D eigenvalue weighted by Gasteiger charge is -2.26. The Labute approximate surface area is 146 Å². The zero-order valence-corrected chi connectivity index (χ0v) is 15.7. The SMILES string of the molecule is CCOP(=O)(OCC)C(c1ccccc1)S(=O)Cc1ccccc1. The molecule has 0 saturated carbocycles. The number of hydrogen-bond acceptors (Lipinski definition) is 4. The minimum absolute atomic E-state index is 0.239. The first-order valence-electron chi connectivity index (χ1n) is 7.95. The van der Waals surface area contributed by atoms with Crippen molar-refractivity contribution in [3.63, 3.8) is 0 Å². The summed E-state index contributed by atoms with van der Waals surface area (Å²) in [6.07, 6.45) is 0. The highest BCUT2D eigenvalue weighted by atomic mass is 32.2. The number of benzene rings is 2. The van der Waals surface area contributed by atoms with Gasteiger partial charge >= 0.3 is 7.60 Å². The fourth-order valence-electron chi connectivity index (χ4n) is 2.45. The van der Waals surface area contributed by atoms with E-state index in [2.05, 4.69) is 0 Å². The van der Waals surface area contributed by atoms with Gasteiger partial charge in [-0.15, -0.1) is 0 Å². The highest BCUT2D eigenvalue weighted by Crippen LogP contribution is 2.62. The summed E-state index contributed by atoms with van der Waals surface area (Å²) in [4.78, 5) is -0.807. The molecule has 2 rings (SSSR count). The fourth-order valence-corrected chi connectivity index (χ4v) is 6.93. The molecule has 2 aromatic rings. The quantitative estimate of drug-likeness (QED) is 0.592. The topological polar surface area (TPSA) is 52.6 Å². The van der Waals surface area contributed by atoms with Crippen LogP contribution in [0.1, 0.15) is 30.0 Å².